The van der Waals surface area contributed by atoms with Crippen molar-refractivity contribution in [3.05, 3.63) is 11.8 Å². The molecule has 0 radical (unpaired) electrons. The van der Waals surface area contributed by atoms with Gasteiger partial charge in [-0.15, -0.1) is 0 Å². The molecule has 2 unspecified atom stereocenters. The Hall–Kier alpha value is -1.44. The highest BCUT2D eigenvalue weighted by Gasteiger charge is 2.38. The van der Waals surface area contributed by atoms with Crippen molar-refractivity contribution in [3.8, 4) is 0 Å². The zero-order valence-electron chi connectivity index (χ0n) is 10.4. The summed E-state index contributed by atoms with van der Waals surface area (Å²) in [4.78, 5) is 23.8. The Bertz CT molecular complexity index is 344. The van der Waals surface area contributed by atoms with Gasteiger partial charge in [0, 0.05) is 25.2 Å². The molecule has 3 atom stereocenters. The molecule has 0 aromatic rings. The predicted molar refractivity (Wildman–Crippen MR) is 62.1 cm³/mol. The van der Waals surface area contributed by atoms with Crippen LogP contribution in [-0.2, 0) is 14.3 Å². The lowest BCUT2D eigenvalue weighted by atomic mass is 10.2. The third-order valence-corrected chi connectivity index (χ3v) is 2.74. The van der Waals surface area contributed by atoms with Gasteiger partial charge in [-0.2, -0.15) is 0 Å². The van der Waals surface area contributed by atoms with E-state index in [-0.39, 0.29) is 13.0 Å². The van der Waals surface area contributed by atoms with Crippen molar-refractivity contribution < 1.29 is 24.5 Å². The molecule has 18 heavy (non-hydrogen) atoms. The number of carbonyl (C=O) groups excluding carboxylic acids is 2. The van der Waals surface area contributed by atoms with Crippen molar-refractivity contribution in [2.45, 2.75) is 31.8 Å². The summed E-state index contributed by atoms with van der Waals surface area (Å²) < 4.78 is 5.25. The summed E-state index contributed by atoms with van der Waals surface area (Å²) in [6.07, 6.45) is -0.562. The number of amides is 2. The second-order valence-electron chi connectivity index (χ2n) is 4.05. The summed E-state index contributed by atoms with van der Waals surface area (Å²) in [7, 11) is 1.64. The van der Waals surface area contributed by atoms with E-state index >= 15 is 0 Å². The average Bonchev–Trinajstić information content (AvgIpc) is 2.71. The Kier molecular flexibility index (Phi) is 5.26. The maximum absolute atomic E-state index is 11.9. The smallest absolute Gasteiger partial charge is 0.259 e. The molecule has 0 aliphatic carbocycles. The van der Waals surface area contributed by atoms with Gasteiger partial charge in [0.05, 0.1) is 12.7 Å². The maximum atomic E-state index is 11.9. The first-order valence-corrected chi connectivity index (χ1v) is 5.61. The lowest BCUT2D eigenvalue weighted by molar-refractivity contribution is -0.150. The van der Waals surface area contributed by atoms with Gasteiger partial charge in [0.1, 0.15) is 12.3 Å². The highest BCUT2D eigenvalue weighted by molar-refractivity contribution is 5.98. The second-order valence-corrected chi connectivity index (χ2v) is 4.05. The molecule has 0 bridgehead atoms. The molecule has 2 amide bonds. The van der Waals surface area contributed by atoms with Gasteiger partial charge in [-0.1, -0.05) is 0 Å². The molecule has 1 rings (SSSR count). The zero-order valence-corrected chi connectivity index (χ0v) is 10.4. The Morgan fingerprint density at radius 1 is 1.61 bits per heavy atom. The highest BCUT2D eigenvalue weighted by Crippen LogP contribution is 2.23. The van der Waals surface area contributed by atoms with Crippen LogP contribution in [0.5, 0.6) is 0 Å². The molecule has 1 saturated heterocycles. The number of nitrogens with one attached hydrogen (secondary N) is 1. The van der Waals surface area contributed by atoms with Gasteiger partial charge in [0.25, 0.3) is 5.91 Å². The first kappa shape index (κ1) is 14.6. The molecule has 3 N–H and O–H groups in total. The summed E-state index contributed by atoms with van der Waals surface area (Å²) in [5, 5.41) is 21.2. The van der Waals surface area contributed by atoms with Gasteiger partial charge in [-0.25, -0.2) is 0 Å². The van der Waals surface area contributed by atoms with Crippen molar-refractivity contribution >= 4 is 12.3 Å². The highest BCUT2D eigenvalue weighted by atomic mass is 16.5. The van der Waals surface area contributed by atoms with Gasteiger partial charge < -0.3 is 20.3 Å². The number of hydrogen-bond donors (Lipinski definition) is 3. The fraction of sp³-hybridized carbons (Fsp3) is 0.636. The first-order valence-electron chi connectivity index (χ1n) is 5.61. The molecule has 0 saturated carbocycles. The second kappa shape index (κ2) is 6.48. The fourth-order valence-electron chi connectivity index (χ4n) is 1.78. The number of hydrogen-bond acceptors (Lipinski definition) is 6. The SMILES string of the molecule is CN/C=C(/C)C(=O)N(C=O)C1C[C@@H](O)C(CO)O1. The average molecular weight is 258 g/mol. The number of imide groups is 1. The number of rotatable bonds is 5. The van der Waals surface area contributed by atoms with Crippen LogP contribution in [-0.4, -0.2) is 59.5 Å². The van der Waals surface area contributed by atoms with Gasteiger partial charge in [0.15, 0.2) is 0 Å². The summed E-state index contributed by atoms with van der Waals surface area (Å²) in [5.41, 5.74) is 0.343. The van der Waals surface area contributed by atoms with E-state index in [0.717, 1.165) is 4.90 Å². The third-order valence-electron chi connectivity index (χ3n) is 2.74. The van der Waals surface area contributed by atoms with Crippen molar-refractivity contribution in [2.24, 2.45) is 0 Å². The summed E-state index contributed by atoms with van der Waals surface area (Å²) in [5.74, 6) is -0.505. The Labute approximate surface area is 105 Å². The van der Waals surface area contributed by atoms with Crippen LogP contribution < -0.4 is 5.32 Å². The van der Waals surface area contributed by atoms with Crippen molar-refractivity contribution in [1.82, 2.24) is 10.2 Å². The third kappa shape index (κ3) is 3.06. The molecular weight excluding hydrogens is 240 g/mol. The van der Waals surface area contributed by atoms with E-state index in [9.17, 15) is 14.7 Å². The number of aliphatic hydroxyl groups excluding tert-OH is 2. The minimum absolute atomic E-state index is 0.0997. The first-order chi connectivity index (χ1) is 8.54. The summed E-state index contributed by atoms with van der Waals surface area (Å²) >= 11 is 0. The van der Waals surface area contributed by atoms with Crippen LogP contribution in [0.2, 0.25) is 0 Å². The molecular formula is C11H18N2O5. The topological polar surface area (TPSA) is 99.1 Å². The molecule has 0 aromatic heterocycles. The van der Waals surface area contributed by atoms with Crippen molar-refractivity contribution in [3.63, 3.8) is 0 Å². The van der Waals surface area contributed by atoms with Crippen LogP contribution in [0.1, 0.15) is 13.3 Å². The normalized spacial score (nSPS) is 28.0. The Balaban J connectivity index is 2.76. The van der Waals surface area contributed by atoms with Crippen LogP contribution >= 0.6 is 0 Å². The molecule has 7 heteroatoms. The molecule has 7 nitrogen and oxygen atoms in total. The maximum Gasteiger partial charge on any atom is 0.259 e. The number of nitrogens with zero attached hydrogens (tertiary/aromatic N) is 1. The van der Waals surface area contributed by atoms with E-state index < -0.39 is 24.3 Å². The van der Waals surface area contributed by atoms with Crippen molar-refractivity contribution in [2.75, 3.05) is 13.7 Å². The largest absolute Gasteiger partial charge is 0.394 e. The lowest BCUT2D eigenvalue weighted by Gasteiger charge is -2.22. The molecule has 0 spiro atoms. The zero-order chi connectivity index (χ0) is 13.7. The molecule has 1 aliphatic heterocycles. The minimum Gasteiger partial charge on any atom is -0.394 e. The van der Waals surface area contributed by atoms with Gasteiger partial charge in [-0.05, 0) is 6.92 Å². The minimum atomic E-state index is -0.885. The van der Waals surface area contributed by atoms with E-state index in [1.807, 2.05) is 0 Å². The van der Waals surface area contributed by atoms with E-state index in [1.165, 1.54) is 6.20 Å². The van der Waals surface area contributed by atoms with E-state index in [0.29, 0.717) is 12.0 Å². The predicted octanol–water partition coefficient (Wildman–Crippen LogP) is -1.44. The number of aliphatic hydroxyl groups is 2. The van der Waals surface area contributed by atoms with Crippen molar-refractivity contribution in [1.29, 1.82) is 0 Å². The van der Waals surface area contributed by atoms with E-state index in [2.05, 4.69) is 5.32 Å². The van der Waals surface area contributed by atoms with Gasteiger partial charge in [-0.3, -0.25) is 14.5 Å². The molecule has 1 aliphatic rings. The Morgan fingerprint density at radius 2 is 2.28 bits per heavy atom. The summed E-state index contributed by atoms with van der Waals surface area (Å²) in [6.45, 7) is 1.20. The van der Waals surface area contributed by atoms with Crippen LogP contribution in [0.4, 0.5) is 0 Å². The van der Waals surface area contributed by atoms with Crippen LogP contribution in [0.3, 0.4) is 0 Å². The van der Waals surface area contributed by atoms with E-state index in [1.54, 1.807) is 14.0 Å². The molecule has 1 heterocycles. The monoisotopic (exact) mass is 258 g/mol. The number of ether oxygens (including phenoxy) is 1. The lowest BCUT2D eigenvalue weighted by Crippen LogP contribution is -2.40. The Morgan fingerprint density at radius 3 is 2.72 bits per heavy atom. The fourth-order valence-corrected chi connectivity index (χ4v) is 1.78. The van der Waals surface area contributed by atoms with Crippen LogP contribution in [0.15, 0.2) is 11.8 Å². The van der Waals surface area contributed by atoms with Gasteiger partial charge >= 0.3 is 0 Å². The van der Waals surface area contributed by atoms with E-state index in [4.69, 9.17) is 9.84 Å². The molecule has 0 aromatic carbocycles. The molecule has 102 valence electrons. The quantitative estimate of drug-likeness (QED) is 0.413. The molecule has 1 fully saturated rings. The standard InChI is InChI=1S/C11H18N2O5/c1-7(4-12-2)11(17)13(6-15)10-3-8(16)9(5-14)18-10/h4,6,8-10,12,14,16H,3,5H2,1-2H3/b7-4-/t8-,9?,10?/m1/s1. The van der Waals surface area contributed by atoms with Gasteiger partial charge in [0.2, 0.25) is 6.41 Å². The van der Waals surface area contributed by atoms with Crippen LogP contribution in [0.25, 0.3) is 0 Å². The summed E-state index contributed by atoms with van der Waals surface area (Å²) in [6, 6.07) is 0. The van der Waals surface area contributed by atoms with Crippen LogP contribution in [0, 0.1) is 0 Å². The number of carbonyl (C=O) groups is 2.